The fourth-order valence-corrected chi connectivity index (χ4v) is 3.97. The van der Waals surface area contributed by atoms with E-state index in [-0.39, 0.29) is 0 Å². The van der Waals surface area contributed by atoms with Gasteiger partial charge in [0.15, 0.2) is 0 Å². The number of furan rings is 1. The summed E-state index contributed by atoms with van der Waals surface area (Å²) in [6.07, 6.45) is 2.12. The fraction of sp³-hybridized carbons (Fsp3) is 0.385. The zero-order chi connectivity index (χ0) is 14.4. The molecule has 2 rings (SSSR count). The second-order valence-corrected chi connectivity index (χ2v) is 7.02. The van der Waals surface area contributed by atoms with Gasteiger partial charge in [-0.05, 0) is 24.7 Å². The van der Waals surface area contributed by atoms with E-state index in [2.05, 4.69) is 10.0 Å². The molecular weight excluding hydrogens is 296 g/mol. The van der Waals surface area contributed by atoms with Gasteiger partial charge in [0.2, 0.25) is 10.0 Å². The molecule has 0 aromatic carbocycles. The van der Waals surface area contributed by atoms with Gasteiger partial charge in [-0.25, -0.2) is 13.1 Å². The molecule has 0 saturated carbocycles. The quantitative estimate of drug-likeness (QED) is 0.781. The van der Waals surface area contributed by atoms with E-state index in [4.69, 9.17) is 4.42 Å². The topological polar surface area (TPSA) is 71.3 Å². The molecule has 2 heterocycles. The number of nitrogens with one attached hydrogen (secondary N) is 2. The first-order chi connectivity index (χ1) is 9.62. The average Bonchev–Trinajstić information content (AvgIpc) is 3.07. The van der Waals surface area contributed by atoms with Crippen LogP contribution in [-0.2, 0) is 23.0 Å². The third kappa shape index (κ3) is 4.17. The Kier molecular flexibility index (Phi) is 5.36. The molecule has 0 aliphatic carbocycles. The number of thiophene rings is 1. The molecule has 0 radical (unpaired) electrons. The van der Waals surface area contributed by atoms with Gasteiger partial charge < -0.3 is 9.73 Å². The Morgan fingerprint density at radius 1 is 1.40 bits per heavy atom. The standard InChI is InChI=1S/C13H18N2O3S2/c1-2-14-9-12-8-13(10-19-12)20(16,17)15-6-5-11-4-3-7-18-11/h3-4,7-8,10,14-15H,2,5-6,9H2,1H3. The second kappa shape index (κ2) is 7.03. The first-order valence-electron chi connectivity index (χ1n) is 6.42. The van der Waals surface area contributed by atoms with Crippen molar-refractivity contribution in [1.29, 1.82) is 0 Å². The lowest BCUT2D eigenvalue weighted by atomic mass is 10.3. The summed E-state index contributed by atoms with van der Waals surface area (Å²) in [5, 5.41) is 4.84. The van der Waals surface area contributed by atoms with Crippen molar-refractivity contribution in [2.24, 2.45) is 0 Å². The summed E-state index contributed by atoms with van der Waals surface area (Å²) in [5.41, 5.74) is 0. The molecule has 0 amide bonds. The summed E-state index contributed by atoms with van der Waals surface area (Å²) in [6, 6.07) is 5.33. The minimum atomic E-state index is -3.43. The Hall–Kier alpha value is -1.15. The summed E-state index contributed by atoms with van der Waals surface area (Å²) >= 11 is 1.45. The molecule has 2 aromatic rings. The van der Waals surface area contributed by atoms with E-state index in [1.54, 1.807) is 23.8 Å². The highest BCUT2D eigenvalue weighted by atomic mass is 32.2. The number of hydrogen-bond acceptors (Lipinski definition) is 5. The Labute approximate surface area is 123 Å². The molecule has 0 bridgehead atoms. The van der Waals surface area contributed by atoms with Crippen LogP contribution in [0.4, 0.5) is 0 Å². The maximum absolute atomic E-state index is 12.1. The van der Waals surface area contributed by atoms with Crippen LogP contribution in [0.1, 0.15) is 17.6 Å². The number of sulfonamides is 1. The van der Waals surface area contributed by atoms with Crippen molar-refractivity contribution < 1.29 is 12.8 Å². The normalized spacial score (nSPS) is 11.8. The predicted octanol–water partition coefficient (Wildman–Crippen LogP) is 1.97. The fourth-order valence-electron chi connectivity index (χ4n) is 1.69. The van der Waals surface area contributed by atoms with Crippen LogP contribution in [0.3, 0.4) is 0 Å². The maximum Gasteiger partial charge on any atom is 0.241 e. The lowest BCUT2D eigenvalue weighted by Crippen LogP contribution is -2.25. The van der Waals surface area contributed by atoms with E-state index in [0.29, 0.717) is 24.4 Å². The van der Waals surface area contributed by atoms with Crippen molar-refractivity contribution in [2.75, 3.05) is 13.1 Å². The molecule has 0 fully saturated rings. The summed E-state index contributed by atoms with van der Waals surface area (Å²) in [4.78, 5) is 1.34. The molecular formula is C13H18N2O3S2. The molecule has 0 saturated heterocycles. The Morgan fingerprint density at radius 3 is 2.95 bits per heavy atom. The van der Waals surface area contributed by atoms with Gasteiger partial charge in [-0.1, -0.05) is 6.92 Å². The Morgan fingerprint density at radius 2 is 2.25 bits per heavy atom. The first-order valence-corrected chi connectivity index (χ1v) is 8.78. The average molecular weight is 314 g/mol. The zero-order valence-corrected chi connectivity index (χ0v) is 12.9. The van der Waals surface area contributed by atoms with Gasteiger partial charge in [0.1, 0.15) is 5.76 Å². The van der Waals surface area contributed by atoms with Crippen molar-refractivity contribution in [3.63, 3.8) is 0 Å². The predicted molar refractivity (Wildman–Crippen MR) is 79.3 cm³/mol. The first kappa shape index (κ1) is 15.2. The van der Waals surface area contributed by atoms with Crippen molar-refractivity contribution in [3.05, 3.63) is 40.5 Å². The summed E-state index contributed by atoms with van der Waals surface area (Å²) in [7, 11) is -3.43. The number of hydrogen-bond donors (Lipinski definition) is 2. The van der Waals surface area contributed by atoms with E-state index in [1.165, 1.54) is 11.3 Å². The summed E-state index contributed by atoms with van der Waals surface area (Å²) in [6.45, 7) is 3.90. The third-order valence-corrected chi connectivity index (χ3v) is 5.26. The molecule has 7 heteroatoms. The van der Waals surface area contributed by atoms with Gasteiger partial charge >= 0.3 is 0 Å². The Balaban J connectivity index is 1.90. The minimum absolute atomic E-state index is 0.328. The molecule has 0 aliphatic heterocycles. The van der Waals surface area contributed by atoms with Gasteiger partial charge in [-0.15, -0.1) is 11.3 Å². The van der Waals surface area contributed by atoms with E-state index >= 15 is 0 Å². The summed E-state index contributed by atoms with van der Waals surface area (Å²) in [5.74, 6) is 0.769. The highest BCUT2D eigenvalue weighted by molar-refractivity contribution is 7.89. The van der Waals surface area contributed by atoms with Gasteiger partial charge in [0.25, 0.3) is 0 Å². The van der Waals surface area contributed by atoms with Crippen molar-refractivity contribution in [1.82, 2.24) is 10.0 Å². The van der Waals surface area contributed by atoms with E-state index < -0.39 is 10.0 Å². The van der Waals surface area contributed by atoms with Crippen LogP contribution in [0, 0.1) is 0 Å². The molecule has 20 heavy (non-hydrogen) atoms. The van der Waals surface area contributed by atoms with Crippen molar-refractivity contribution in [2.45, 2.75) is 24.8 Å². The smallest absolute Gasteiger partial charge is 0.241 e. The largest absolute Gasteiger partial charge is 0.469 e. The minimum Gasteiger partial charge on any atom is -0.469 e. The van der Waals surface area contributed by atoms with Crippen molar-refractivity contribution >= 4 is 21.4 Å². The van der Waals surface area contributed by atoms with E-state index in [9.17, 15) is 8.42 Å². The van der Waals surface area contributed by atoms with E-state index in [0.717, 1.165) is 17.2 Å². The Bertz CT molecular complexity index is 618. The van der Waals surface area contributed by atoms with Gasteiger partial charge in [0.05, 0.1) is 11.2 Å². The molecule has 110 valence electrons. The SMILES string of the molecule is CCNCc1cc(S(=O)(=O)NCCc2ccco2)cs1. The molecule has 0 spiro atoms. The van der Waals surface area contributed by atoms with Crippen LogP contribution < -0.4 is 10.0 Å². The zero-order valence-electron chi connectivity index (χ0n) is 11.3. The maximum atomic E-state index is 12.1. The number of rotatable bonds is 8. The van der Waals surface area contributed by atoms with Gasteiger partial charge in [-0.3, -0.25) is 0 Å². The monoisotopic (exact) mass is 314 g/mol. The van der Waals surface area contributed by atoms with Gasteiger partial charge in [0, 0.05) is 29.8 Å². The van der Waals surface area contributed by atoms with E-state index in [1.807, 2.05) is 13.0 Å². The van der Waals surface area contributed by atoms with Crippen LogP contribution in [0.25, 0.3) is 0 Å². The lowest BCUT2D eigenvalue weighted by molar-refractivity contribution is 0.506. The van der Waals surface area contributed by atoms with Crippen LogP contribution in [-0.4, -0.2) is 21.5 Å². The highest BCUT2D eigenvalue weighted by Gasteiger charge is 2.15. The van der Waals surface area contributed by atoms with Gasteiger partial charge in [-0.2, -0.15) is 0 Å². The molecule has 2 N–H and O–H groups in total. The summed E-state index contributed by atoms with van der Waals surface area (Å²) < 4.78 is 31.9. The molecule has 5 nitrogen and oxygen atoms in total. The van der Waals surface area contributed by atoms with Crippen LogP contribution in [0.15, 0.2) is 39.2 Å². The highest BCUT2D eigenvalue weighted by Crippen LogP contribution is 2.19. The van der Waals surface area contributed by atoms with Crippen LogP contribution in [0.5, 0.6) is 0 Å². The molecule has 0 atom stereocenters. The van der Waals surface area contributed by atoms with Crippen molar-refractivity contribution in [3.8, 4) is 0 Å². The molecule has 0 aliphatic rings. The second-order valence-electron chi connectivity index (χ2n) is 4.26. The molecule has 2 aromatic heterocycles. The third-order valence-electron chi connectivity index (χ3n) is 2.73. The van der Waals surface area contributed by atoms with Crippen LogP contribution in [0.2, 0.25) is 0 Å². The van der Waals surface area contributed by atoms with Crippen LogP contribution >= 0.6 is 11.3 Å². The molecule has 0 unspecified atom stereocenters. The lowest BCUT2D eigenvalue weighted by Gasteiger charge is -2.03.